The van der Waals surface area contributed by atoms with Crippen molar-refractivity contribution in [1.82, 2.24) is 0 Å². The van der Waals surface area contributed by atoms with Gasteiger partial charge in [0.2, 0.25) is 0 Å². The summed E-state index contributed by atoms with van der Waals surface area (Å²) in [4.78, 5) is 27.7. The quantitative estimate of drug-likeness (QED) is 0.569. The van der Waals surface area contributed by atoms with Crippen LogP contribution in [-0.2, 0) is 6.42 Å². The summed E-state index contributed by atoms with van der Waals surface area (Å²) >= 11 is 3.42. The van der Waals surface area contributed by atoms with Crippen LogP contribution in [-0.4, -0.2) is 25.5 Å². The highest BCUT2D eigenvalue weighted by atomic mass is 79.9. The minimum Gasteiger partial charge on any atom is -0.497 e. The van der Waals surface area contributed by atoms with Crippen LogP contribution in [0, 0.1) is 0 Å². The van der Waals surface area contributed by atoms with E-state index in [2.05, 4.69) is 21.2 Å². The van der Waals surface area contributed by atoms with Crippen LogP contribution in [0.3, 0.4) is 0 Å². The van der Waals surface area contributed by atoms with Gasteiger partial charge >= 0.3 is 0 Å². The summed E-state index contributed by atoms with van der Waals surface area (Å²) in [5.41, 5.74) is 3.72. The molecule has 0 aliphatic carbocycles. The maximum atomic E-state index is 13.1. The van der Waals surface area contributed by atoms with Gasteiger partial charge in [-0.3, -0.25) is 9.59 Å². The number of ether oxygens (including phenoxy) is 1. The Bertz CT molecular complexity index is 1100. The lowest BCUT2D eigenvalue weighted by Crippen LogP contribution is -2.35. The first-order chi connectivity index (χ1) is 14.6. The molecular formula is C24H21BrN2O3. The van der Waals surface area contributed by atoms with Gasteiger partial charge in [-0.1, -0.05) is 24.3 Å². The highest BCUT2D eigenvalue weighted by Gasteiger charge is 2.24. The molecule has 3 aromatic carbocycles. The fourth-order valence-corrected chi connectivity index (χ4v) is 4.03. The minimum atomic E-state index is -0.252. The topological polar surface area (TPSA) is 58.6 Å². The van der Waals surface area contributed by atoms with Crippen molar-refractivity contribution in [2.45, 2.75) is 12.8 Å². The van der Waals surface area contributed by atoms with Crippen molar-refractivity contribution in [3.05, 3.63) is 87.9 Å². The monoisotopic (exact) mass is 464 g/mol. The molecule has 1 heterocycles. The number of methoxy groups -OCH3 is 1. The fraction of sp³-hybridized carbons (Fsp3) is 0.167. The Morgan fingerprint density at radius 1 is 1.03 bits per heavy atom. The lowest BCUT2D eigenvalue weighted by molar-refractivity contribution is 0.0984. The Kier molecular flexibility index (Phi) is 5.86. The van der Waals surface area contributed by atoms with Crippen LogP contribution < -0.4 is 15.0 Å². The summed E-state index contributed by atoms with van der Waals surface area (Å²) in [5.74, 6) is 0.321. The molecule has 0 saturated carbocycles. The van der Waals surface area contributed by atoms with Crippen molar-refractivity contribution >= 4 is 39.1 Å². The molecule has 30 heavy (non-hydrogen) atoms. The number of hydrogen-bond donors (Lipinski definition) is 1. The third-order valence-electron chi connectivity index (χ3n) is 5.15. The molecule has 5 nitrogen and oxygen atoms in total. The highest BCUT2D eigenvalue weighted by molar-refractivity contribution is 9.10. The number of aryl methyl sites for hydroxylation is 1. The van der Waals surface area contributed by atoms with Gasteiger partial charge in [0.05, 0.1) is 12.7 Å². The second-order valence-corrected chi connectivity index (χ2v) is 7.92. The first-order valence-corrected chi connectivity index (χ1v) is 10.5. The van der Waals surface area contributed by atoms with Crippen molar-refractivity contribution in [2.24, 2.45) is 0 Å². The van der Waals surface area contributed by atoms with E-state index in [-0.39, 0.29) is 11.8 Å². The highest BCUT2D eigenvalue weighted by Crippen LogP contribution is 2.32. The number of nitrogens with zero attached hydrogens (tertiary/aromatic N) is 1. The normalized spacial score (nSPS) is 12.8. The number of carbonyl (C=O) groups is 2. The smallest absolute Gasteiger partial charge is 0.258 e. The average Bonchev–Trinajstić information content (AvgIpc) is 2.79. The standard InChI is InChI=1S/C24H21BrN2O3/c1-30-19-11-12-21(25)20(15-19)23(28)26-18-10-9-16-8-5-13-27(22(16)14-18)24(29)17-6-3-2-4-7-17/h2-4,6-7,9-12,14-15H,5,8,13H2,1H3,(H,26,28). The van der Waals surface area contributed by atoms with Gasteiger partial charge in [-0.15, -0.1) is 0 Å². The summed E-state index contributed by atoms with van der Waals surface area (Å²) in [5, 5.41) is 2.94. The number of hydrogen-bond acceptors (Lipinski definition) is 3. The molecule has 4 rings (SSSR count). The third-order valence-corrected chi connectivity index (χ3v) is 5.84. The van der Waals surface area contributed by atoms with Crippen LogP contribution in [0.1, 0.15) is 32.7 Å². The molecule has 1 aliphatic rings. The molecule has 1 N–H and O–H groups in total. The second-order valence-electron chi connectivity index (χ2n) is 7.07. The predicted octanol–water partition coefficient (Wildman–Crippen LogP) is 5.30. The van der Waals surface area contributed by atoms with Crippen LogP contribution in [0.5, 0.6) is 5.75 Å². The van der Waals surface area contributed by atoms with Gasteiger partial charge in [0, 0.05) is 28.0 Å². The number of nitrogens with one attached hydrogen (secondary N) is 1. The first kappa shape index (κ1) is 20.2. The Morgan fingerprint density at radius 2 is 1.83 bits per heavy atom. The number of anilines is 2. The van der Waals surface area contributed by atoms with E-state index in [9.17, 15) is 9.59 Å². The van der Waals surface area contributed by atoms with Gasteiger partial charge in [0.25, 0.3) is 11.8 Å². The van der Waals surface area contributed by atoms with E-state index in [1.165, 1.54) is 0 Å². The largest absolute Gasteiger partial charge is 0.497 e. The summed E-state index contributed by atoms with van der Waals surface area (Å²) in [6.07, 6.45) is 1.82. The van der Waals surface area contributed by atoms with Crippen LogP contribution in [0.15, 0.2) is 71.2 Å². The van der Waals surface area contributed by atoms with Crippen molar-refractivity contribution in [2.75, 3.05) is 23.9 Å². The zero-order valence-corrected chi connectivity index (χ0v) is 18.1. The molecule has 0 spiro atoms. The van der Waals surface area contributed by atoms with Crippen LogP contribution in [0.4, 0.5) is 11.4 Å². The van der Waals surface area contributed by atoms with E-state index >= 15 is 0 Å². The lowest BCUT2D eigenvalue weighted by atomic mass is 10.00. The summed E-state index contributed by atoms with van der Waals surface area (Å²) in [6, 6.07) is 20.2. The van der Waals surface area contributed by atoms with E-state index < -0.39 is 0 Å². The van der Waals surface area contributed by atoms with E-state index in [1.54, 1.807) is 30.2 Å². The van der Waals surface area contributed by atoms with E-state index in [0.29, 0.717) is 33.6 Å². The van der Waals surface area contributed by atoms with Crippen LogP contribution in [0.25, 0.3) is 0 Å². The van der Waals surface area contributed by atoms with Gasteiger partial charge < -0.3 is 15.0 Å². The molecule has 0 bridgehead atoms. The molecule has 0 atom stereocenters. The zero-order valence-electron chi connectivity index (χ0n) is 16.5. The van der Waals surface area contributed by atoms with Crippen LogP contribution in [0.2, 0.25) is 0 Å². The second kappa shape index (κ2) is 8.71. The lowest BCUT2D eigenvalue weighted by Gasteiger charge is -2.30. The third kappa shape index (κ3) is 4.09. The average molecular weight is 465 g/mol. The number of benzene rings is 3. The van der Waals surface area contributed by atoms with Gasteiger partial charge in [0.1, 0.15) is 5.75 Å². The molecule has 0 radical (unpaired) electrons. The van der Waals surface area contributed by atoms with E-state index in [1.807, 2.05) is 48.5 Å². The number of fused-ring (bicyclic) bond motifs is 1. The van der Waals surface area contributed by atoms with Gasteiger partial charge in [0.15, 0.2) is 0 Å². The molecule has 0 aromatic heterocycles. The maximum absolute atomic E-state index is 13.1. The summed E-state index contributed by atoms with van der Waals surface area (Å²) < 4.78 is 5.90. The molecule has 2 amide bonds. The molecular weight excluding hydrogens is 444 g/mol. The SMILES string of the molecule is COc1ccc(Br)c(C(=O)Nc2ccc3c(c2)N(C(=O)c2ccccc2)CCC3)c1. The molecule has 3 aromatic rings. The Morgan fingerprint density at radius 3 is 2.60 bits per heavy atom. The predicted molar refractivity (Wildman–Crippen MR) is 122 cm³/mol. The minimum absolute atomic E-state index is 0.0319. The van der Waals surface area contributed by atoms with Gasteiger partial charge in [-0.2, -0.15) is 0 Å². The molecule has 152 valence electrons. The first-order valence-electron chi connectivity index (χ1n) is 9.71. The van der Waals surface area contributed by atoms with Crippen molar-refractivity contribution in [3.63, 3.8) is 0 Å². The van der Waals surface area contributed by atoms with Gasteiger partial charge in [-0.05, 0) is 76.8 Å². The fourth-order valence-electron chi connectivity index (χ4n) is 3.60. The summed E-state index contributed by atoms with van der Waals surface area (Å²) in [6.45, 7) is 0.652. The number of carbonyl (C=O) groups excluding carboxylic acids is 2. The van der Waals surface area contributed by atoms with Crippen molar-refractivity contribution in [1.29, 1.82) is 0 Å². The molecule has 0 fully saturated rings. The Hall–Kier alpha value is -3.12. The summed E-state index contributed by atoms with van der Waals surface area (Å²) in [7, 11) is 1.56. The molecule has 1 aliphatic heterocycles. The van der Waals surface area contributed by atoms with E-state index in [0.717, 1.165) is 24.1 Å². The Labute approximate surface area is 183 Å². The number of rotatable bonds is 4. The van der Waals surface area contributed by atoms with Crippen molar-refractivity contribution < 1.29 is 14.3 Å². The van der Waals surface area contributed by atoms with Crippen LogP contribution >= 0.6 is 15.9 Å². The number of amides is 2. The maximum Gasteiger partial charge on any atom is 0.258 e. The van der Waals surface area contributed by atoms with Gasteiger partial charge in [-0.25, -0.2) is 0 Å². The van der Waals surface area contributed by atoms with E-state index in [4.69, 9.17) is 4.74 Å². The zero-order chi connectivity index (χ0) is 21.1. The molecule has 0 saturated heterocycles. The number of halogens is 1. The molecule has 0 unspecified atom stereocenters. The molecule has 6 heteroatoms. The van der Waals surface area contributed by atoms with Crippen molar-refractivity contribution in [3.8, 4) is 5.75 Å². The Balaban J connectivity index is 1.61.